The highest BCUT2D eigenvalue weighted by atomic mass is 16.5. The van der Waals surface area contributed by atoms with E-state index < -0.39 is 0 Å². The molecule has 0 atom stereocenters. The van der Waals surface area contributed by atoms with Crippen molar-refractivity contribution in [1.29, 1.82) is 5.26 Å². The molecule has 2 rings (SSSR count). The first-order chi connectivity index (χ1) is 9.69. The van der Waals surface area contributed by atoms with Crippen molar-refractivity contribution in [2.24, 2.45) is 0 Å². The maximum atomic E-state index is 8.97. The van der Waals surface area contributed by atoms with Gasteiger partial charge in [-0.15, -0.1) is 0 Å². The molecule has 0 aromatic heterocycles. The summed E-state index contributed by atoms with van der Waals surface area (Å²) in [5.41, 5.74) is 8.26. The molecule has 0 radical (unpaired) electrons. The highest BCUT2D eigenvalue weighted by Crippen LogP contribution is 2.32. The third-order valence-electron chi connectivity index (χ3n) is 2.89. The molecule has 0 bridgehead atoms. The monoisotopic (exact) mass is 269 g/mol. The number of nitrogen functional groups attached to an aromatic ring is 1. The summed E-state index contributed by atoms with van der Waals surface area (Å²) >= 11 is 0. The maximum Gasteiger partial charge on any atom is 0.162 e. The van der Waals surface area contributed by atoms with Crippen molar-refractivity contribution < 1.29 is 9.47 Å². The maximum absolute atomic E-state index is 8.97. The Morgan fingerprint density at radius 3 is 2.50 bits per heavy atom. The quantitative estimate of drug-likeness (QED) is 0.834. The van der Waals surface area contributed by atoms with E-state index in [4.69, 9.17) is 20.5 Å². The number of rotatable bonds is 4. The molecule has 3 N–H and O–H groups in total. The standard InChI is InChI=1S/C15H15N3O2/c1-19-13-7-6-11(8-14(13)20-2)18-12-5-3-4-10(9-16)15(12)17/h3-8,18H,17H2,1-2H3. The van der Waals surface area contributed by atoms with Crippen LogP contribution in [0.2, 0.25) is 0 Å². The van der Waals surface area contributed by atoms with E-state index >= 15 is 0 Å². The van der Waals surface area contributed by atoms with Crippen LogP contribution in [0.15, 0.2) is 36.4 Å². The normalized spacial score (nSPS) is 9.65. The molecular formula is C15H15N3O2. The number of hydrogen-bond acceptors (Lipinski definition) is 5. The van der Waals surface area contributed by atoms with Crippen LogP contribution in [0.4, 0.5) is 17.1 Å². The lowest BCUT2D eigenvalue weighted by Gasteiger charge is -2.13. The molecule has 0 saturated heterocycles. The minimum Gasteiger partial charge on any atom is -0.493 e. The molecule has 20 heavy (non-hydrogen) atoms. The molecule has 102 valence electrons. The molecule has 0 fully saturated rings. The number of methoxy groups -OCH3 is 2. The van der Waals surface area contributed by atoms with Gasteiger partial charge in [-0.05, 0) is 24.3 Å². The van der Waals surface area contributed by atoms with Crippen molar-refractivity contribution >= 4 is 17.1 Å². The van der Waals surface area contributed by atoms with E-state index in [0.29, 0.717) is 28.4 Å². The lowest BCUT2D eigenvalue weighted by Crippen LogP contribution is -1.99. The van der Waals surface area contributed by atoms with Gasteiger partial charge in [0.05, 0.1) is 31.2 Å². The number of nitrogens with zero attached hydrogens (tertiary/aromatic N) is 1. The fraction of sp³-hybridized carbons (Fsp3) is 0.133. The average Bonchev–Trinajstić information content (AvgIpc) is 2.49. The van der Waals surface area contributed by atoms with Gasteiger partial charge in [-0.3, -0.25) is 0 Å². The fourth-order valence-corrected chi connectivity index (χ4v) is 1.84. The second-order valence-electron chi connectivity index (χ2n) is 4.07. The Labute approximate surface area is 117 Å². The van der Waals surface area contributed by atoms with Crippen LogP contribution in [-0.2, 0) is 0 Å². The van der Waals surface area contributed by atoms with Crippen molar-refractivity contribution in [1.82, 2.24) is 0 Å². The van der Waals surface area contributed by atoms with E-state index in [0.717, 1.165) is 5.69 Å². The van der Waals surface area contributed by atoms with Gasteiger partial charge in [0.2, 0.25) is 0 Å². The number of benzene rings is 2. The summed E-state index contributed by atoms with van der Waals surface area (Å²) in [4.78, 5) is 0. The molecule has 0 spiro atoms. The summed E-state index contributed by atoms with van der Waals surface area (Å²) in [5.74, 6) is 1.27. The molecule has 0 aliphatic carbocycles. The van der Waals surface area contributed by atoms with Crippen molar-refractivity contribution in [3.63, 3.8) is 0 Å². The fourth-order valence-electron chi connectivity index (χ4n) is 1.84. The number of ether oxygens (including phenoxy) is 2. The summed E-state index contributed by atoms with van der Waals surface area (Å²) in [6.07, 6.45) is 0. The van der Waals surface area contributed by atoms with Crippen LogP contribution < -0.4 is 20.5 Å². The molecule has 0 unspecified atom stereocenters. The summed E-state index contributed by atoms with van der Waals surface area (Å²) in [6.45, 7) is 0. The van der Waals surface area contributed by atoms with Crippen molar-refractivity contribution in [2.75, 3.05) is 25.3 Å². The van der Waals surface area contributed by atoms with Crippen LogP contribution in [0.25, 0.3) is 0 Å². The average molecular weight is 269 g/mol. The first-order valence-electron chi connectivity index (χ1n) is 5.97. The largest absolute Gasteiger partial charge is 0.493 e. The molecule has 0 heterocycles. The van der Waals surface area contributed by atoms with Gasteiger partial charge in [-0.25, -0.2) is 0 Å². The predicted molar refractivity (Wildman–Crippen MR) is 78.4 cm³/mol. The molecular weight excluding hydrogens is 254 g/mol. The Morgan fingerprint density at radius 1 is 1.10 bits per heavy atom. The minimum absolute atomic E-state index is 0.421. The molecule has 0 amide bonds. The number of para-hydroxylation sites is 1. The number of nitrogens with one attached hydrogen (secondary N) is 1. The minimum atomic E-state index is 0.421. The SMILES string of the molecule is COc1ccc(Nc2cccc(C#N)c2N)cc1OC. The summed E-state index contributed by atoms with van der Waals surface area (Å²) in [5, 5.41) is 12.1. The topological polar surface area (TPSA) is 80.3 Å². The van der Waals surface area contributed by atoms with Crippen molar-refractivity contribution in [3.8, 4) is 17.6 Å². The van der Waals surface area contributed by atoms with Gasteiger partial charge in [-0.1, -0.05) is 6.07 Å². The van der Waals surface area contributed by atoms with E-state index in [1.54, 1.807) is 38.5 Å². The van der Waals surface area contributed by atoms with Crippen LogP contribution in [0, 0.1) is 11.3 Å². The molecule has 0 aliphatic rings. The van der Waals surface area contributed by atoms with Crippen LogP contribution in [0.3, 0.4) is 0 Å². The highest BCUT2D eigenvalue weighted by molar-refractivity contribution is 5.77. The smallest absolute Gasteiger partial charge is 0.162 e. The summed E-state index contributed by atoms with van der Waals surface area (Å²) < 4.78 is 10.4. The molecule has 2 aromatic rings. The lowest BCUT2D eigenvalue weighted by atomic mass is 10.1. The van der Waals surface area contributed by atoms with Crippen molar-refractivity contribution in [3.05, 3.63) is 42.0 Å². The molecule has 5 heteroatoms. The lowest BCUT2D eigenvalue weighted by molar-refractivity contribution is 0.355. The molecule has 0 saturated carbocycles. The molecule has 2 aromatic carbocycles. The van der Waals surface area contributed by atoms with Gasteiger partial charge in [0.15, 0.2) is 11.5 Å². The Bertz CT molecular complexity index is 663. The first kappa shape index (κ1) is 13.6. The van der Waals surface area contributed by atoms with Crippen LogP contribution in [0.1, 0.15) is 5.56 Å². The Kier molecular flexibility index (Phi) is 3.96. The third-order valence-corrected chi connectivity index (χ3v) is 2.89. The van der Waals surface area contributed by atoms with Crippen LogP contribution >= 0.6 is 0 Å². The third kappa shape index (κ3) is 2.59. The Hall–Kier alpha value is -2.87. The second kappa shape index (κ2) is 5.85. The zero-order chi connectivity index (χ0) is 14.5. The van der Waals surface area contributed by atoms with E-state index in [-0.39, 0.29) is 0 Å². The van der Waals surface area contributed by atoms with Gasteiger partial charge >= 0.3 is 0 Å². The zero-order valence-corrected chi connectivity index (χ0v) is 11.3. The van der Waals surface area contributed by atoms with Gasteiger partial charge < -0.3 is 20.5 Å². The Morgan fingerprint density at radius 2 is 1.85 bits per heavy atom. The predicted octanol–water partition coefficient (Wildman–Crippen LogP) is 2.90. The van der Waals surface area contributed by atoms with Gasteiger partial charge in [0.1, 0.15) is 6.07 Å². The van der Waals surface area contributed by atoms with Gasteiger partial charge in [-0.2, -0.15) is 5.26 Å². The summed E-state index contributed by atoms with van der Waals surface area (Å²) in [6, 6.07) is 12.8. The summed E-state index contributed by atoms with van der Waals surface area (Å²) in [7, 11) is 3.16. The number of nitriles is 1. The number of anilines is 3. The zero-order valence-electron chi connectivity index (χ0n) is 11.3. The van der Waals surface area contributed by atoms with Crippen LogP contribution in [0.5, 0.6) is 11.5 Å². The number of nitrogens with two attached hydrogens (primary N) is 1. The molecule has 0 aliphatic heterocycles. The number of hydrogen-bond donors (Lipinski definition) is 2. The van der Waals surface area contributed by atoms with E-state index in [1.807, 2.05) is 12.1 Å². The van der Waals surface area contributed by atoms with Gasteiger partial charge in [0.25, 0.3) is 0 Å². The second-order valence-corrected chi connectivity index (χ2v) is 4.07. The van der Waals surface area contributed by atoms with Crippen LogP contribution in [-0.4, -0.2) is 14.2 Å². The first-order valence-corrected chi connectivity index (χ1v) is 5.97. The van der Waals surface area contributed by atoms with E-state index in [1.165, 1.54) is 0 Å². The highest BCUT2D eigenvalue weighted by Gasteiger charge is 2.07. The Balaban J connectivity index is 2.33. The van der Waals surface area contributed by atoms with Crippen molar-refractivity contribution in [2.45, 2.75) is 0 Å². The molecule has 5 nitrogen and oxygen atoms in total. The van der Waals surface area contributed by atoms with Gasteiger partial charge in [0, 0.05) is 11.8 Å². The van der Waals surface area contributed by atoms with E-state index in [2.05, 4.69) is 11.4 Å². The van der Waals surface area contributed by atoms with E-state index in [9.17, 15) is 0 Å².